The first kappa shape index (κ1) is 13.8. The van der Waals surface area contributed by atoms with Crippen LogP contribution in [-0.4, -0.2) is 31.3 Å². The van der Waals surface area contributed by atoms with Crippen LogP contribution in [-0.2, 0) is 11.3 Å². The number of nitrogens with one attached hydrogen (secondary N) is 1. The Kier molecular flexibility index (Phi) is 4.34. The number of benzene rings is 1. The van der Waals surface area contributed by atoms with Gasteiger partial charge in [-0.3, -0.25) is 10.1 Å². The highest BCUT2D eigenvalue weighted by Gasteiger charge is 2.28. The second kappa shape index (κ2) is 5.99. The van der Waals surface area contributed by atoms with Crippen LogP contribution in [0.25, 0.3) is 0 Å². The molecular weight excluding hydrogens is 248 g/mol. The zero-order chi connectivity index (χ0) is 13.8. The molecule has 6 nitrogen and oxygen atoms in total. The summed E-state index contributed by atoms with van der Waals surface area (Å²) in [7, 11) is 3.22. The van der Waals surface area contributed by atoms with Crippen LogP contribution in [0.5, 0.6) is 5.75 Å². The summed E-state index contributed by atoms with van der Waals surface area (Å²) in [5.41, 5.74) is 0.909. The number of methoxy groups -OCH3 is 2. The largest absolute Gasteiger partial charge is 0.496 e. The molecule has 0 saturated heterocycles. The lowest BCUT2D eigenvalue weighted by atomic mass is 9.89. The van der Waals surface area contributed by atoms with E-state index < -0.39 is 4.92 Å². The van der Waals surface area contributed by atoms with E-state index in [4.69, 9.17) is 9.47 Å². The SMILES string of the molecule is COc1cc(CNC2CC(OC)C2)cc([N+](=O)[O-])c1. The van der Waals surface area contributed by atoms with Crippen molar-refractivity contribution in [3.05, 3.63) is 33.9 Å². The normalized spacial score (nSPS) is 21.8. The quantitative estimate of drug-likeness (QED) is 0.628. The molecule has 0 atom stereocenters. The van der Waals surface area contributed by atoms with E-state index in [1.807, 2.05) is 6.07 Å². The van der Waals surface area contributed by atoms with Gasteiger partial charge in [-0.15, -0.1) is 0 Å². The van der Waals surface area contributed by atoms with E-state index in [9.17, 15) is 10.1 Å². The Morgan fingerprint density at radius 2 is 2.11 bits per heavy atom. The lowest BCUT2D eigenvalue weighted by molar-refractivity contribution is -0.385. The standard InChI is InChI=1S/C13H18N2O4/c1-18-12-4-9(3-11(7-12)15(16)17)8-14-10-5-13(6-10)19-2/h3-4,7,10,13-14H,5-6,8H2,1-2H3. The number of nitro groups is 1. The molecule has 0 bridgehead atoms. The topological polar surface area (TPSA) is 73.6 Å². The van der Waals surface area contributed by atoms with Crippen molar-refractivity contribution in [1.82, 2.24) is 5.32 Å². The number of hydrogen-bond donors (Lipinski definition) is 1. The van der Waals surface area contributed by atoms with Crippen LogP contribution in [0.4, 0.5) is 5.69 Å². The third-order valence-corrected chi connectivity index (χ3v) is 3.42. The van der Waals surface area contributed by atoms with E-state index >= 15 is 0 Å². The van der Waals surface area contributed by atoms with Crippen LogP contribution in [0.1, 0.15) is 18.4 Å². The minimum Gasteiger partial charge on any atom is -0.496 e. The second-order valence-corrected chi connectivity index (χ2v) is 4.70. The Hall–Kier alpha value is -1.66. The van der Waals surface area contributed by atoms with Crippen LogP contribution in [0.15, 0.2) is 18.2 Å². The molecule has 1 aromatic carbocycles. The first-order valence-corrected chi connectivity index (χ1v) is 6.21. The Morgan fingerprint density at radius 1 is 1.37 bits per heavy atom. The summed E-state index contributed by atoms with van der Waals surface area (Å²) < 4.78 is 10.3. The average Bonchev–Trinajstić information content (AvgIpc) is 2.36. The molecule has 0 aromatic heterocycles. The van der Waals surface area contributed by atoms with Crippen LogP contribution in [0.2, 0.25) is 0 Å². The number of ether oxygens (including phenoxy) is 2. The van der Waals surface area contributed by atoms with E-state index in [-0.39, 0.29) is 5.69 Å². The summed E-state index contributed by atoms with van der Waals surface area (Å²) in [6, 6.07) is 5.23. The van der Waals surface area contributed by atoms with Gasteiger partial charge in [-0.2, -0.15) is 0 Å². The molecule has 1 aromatic rings. The van der Waals surface area contributed by atoms with Crippen molar-refractivity contribution >= 4 is 5.69 Å². The van der Waals surface area contributed by atoms with Gasteiger partial charge in [0.25, 0.3) is 5.69 Å². The Balaban J connectivity index is 1.96. The fourth-order valence-electron chi connectivity index (χ4n) is 2.16. The molecular formula is C13H18N2O4. The third-order valence-electron chi connectivity index (χ3n) is 3.42. The fraction of sp³-hybridized carbons (Fsp3) is 0.538. The molecule has 0 radical (unpaired) electrons. The maximum absolute atomic E-state index is 10.8. The molecule has 1 N–H and O–H groups in total. The predicted molar refractivity (Wildman–Crippen MR) is 70.3 cm³/mol. The second-order valence-electron chi connectivity index (χ2n) is 4.70. The third kappa shape index (κ3) is 3.42. The van der Waals surface area contributed by atoms with Gasteiger partial charge in [0, 0.05) is 25.8 Å². The monoisotopic (exact) mass is 266 g/mol. The van der Waals surface area contributed by atoms with Crippen LogP contribution in [0.3, 0.4) is 0 Å². The minimum absolute atomic E-state index is 0.0551. The van der Waals surface area contributed by atoms with Gasteiger partial charge in [0.1, 0.15) is 5.75 Å². The average molecular weight is 266 g/mol. The van der Waals surface area contributed by atoms with E-state index in [1.165, 1.54) is 13.2 Å². The lowest BCUT2D eigenvalue weighted by Crippen LogP contribution is -2.44. The molecule has 0 aliphatic heterocycles. The van der Waals surface area contributed by atoms with Gasteiger partial charge in [-0.25, -0.2) is 0 Å². The van der Waals surface area contributed by atoms with Crippen molar-refractivity contribution < 1.29 is 14.4 Å². The van der Waals surface area contributed by atoms with Crippen LogP contribution >= 0.6 is 0 Å². The van der Waals surface area contributed by atoms with Crippen molar-refractivity contribution in [3.63, 3.8) is 0 Å². The zero-order valence-electron chi connectivity index (χ0n) is 11.1. The maximum atomic E-state index is 10.8. The summed E-state index contributed by atoms with van der Waals surface area (Å²) in [4.78, 5) is 10.4. The molecule has 19 heavy (non-hydrogen) atoms. The van der Waals surface area contributed by atoms with Gasteiger partial charge in [-0.05, 0) is 24.5 Å². The first-order valence-electron chi connectivity index (χ1n) is 6.21. The number of nitro benzene ring substituents is 1. The van der Waals surface area contributed by atoms with Crippen LogP contribution < -0.4 is 10.1 Å². The highest BCUT2D eigenvalue weighted by atomic mass is 16.6. The summed E-state index contributed by atoms with van der Waals surface area (Å²) in [6.07, 6.45) is 2.32. The molecule has 0 spiro atoms. The van der Waals surface area contributed by atoms with Crippen molar-refractivity contribution in [2.45, 2.75) is 31.5 Å². The molecule has 0 heterocycles. The Labute approximate surface area is 111 Å². The maximum Gasteiger partial charge on any atom is 0.273 e. The van der Waals surface area contributed by atoms with Crippen molar-refractivity contribution in [2.75, 3.05) is 14.2 Å². The van der Waals surface area contributed by atoms with E-state index in [1.54, 1.807) is 13.2 Å². The van der Waals surface area contributed by atoms with Gasteiger partial charge in [0.2, 0.25) is 0 Å². The summed E-state index contributed by atoms with van der Waals surface area (Å²) in [5.74, 6) is 0.509. The molecule has 6 heteroatoms. The highest BCUT2D eigenvalue weighted by molar-refractivity contribution is 5.42. The van der Waals surface area contributed by atoms with Crippen LogP contribution in [0, 0.1) is 10.1 Å². The molecule has 1 aliphatic carbocycles. The molecule has 1 fully saturated rings. The number of non-ortho nitro benzene ring substituents is 1. The van der Waals surface area contributed by atoms with Gasteiger partial charge < -0.3 is 14.8 Å². The fourth-order valence-corrected chi connectivity index (χ4v) is 2.16. The Bertz CT molecular complexity index is 458. The molecule has 2 rings (SSSR count). The molecule has 1 saturated carbocycles. The molecule has 104 valence electrons. The first-order chi connectivity index (χ1) is 9.12. The summed E-state index contributed by atoms with van der Waals surface area (Å²) in [6.45, 7) is 0.596. The summed E-state index contributed by atoms with van der Waals surface area (Å²) in [5, 5.41) is 14.2. The molecule has 0 unspecified atom stereocenters. The summed E-state index contributed by atoms with van der Waals surface area (Å²) >= 11 is 0. The molecule has 0 amide bonds. The van der Waals surface area contributed by atoms with E-state index in [0.717, 1.165) is 18.4 Å². The zero-order valence-corrected chi connectivity index (χ0v) is 11.1. The predicted octanol–water partition coefficient (Wildman–Crippen LogP) is 1.87. The Morgan fingerprint density at radius 3 is 2.68 bits per heavy atom. The number of hydrogen-bond acceptors (Lipinski definition) is 5. The van der Waals surface area contributed by atoms with Gasteiger partial charge >= 0.3 is 0 Å². The number of nitrogens with zero attached hydrogens (tertiary/aromatic N) is 1. The van der Waals surface area contributed by atoms with E-state index in [2.05, 4.69) is 5.32 Å². The van der Waals surface area contributed by atoms with Crippen molar-refractivity contribution in [1.29, 1.82) is 0 Å². The highest BCUT2D eigenvalue weighted by Crippen LogP contribution is 2.25. The van der Waals surface area contributed by atoms with Crippen molar-refractivity contribution in [3.8, 4) is 5.75 Å². The van der Waals surface area contributed by atoms with Gasteiger partial charge in [-0.1, -0.05) is 0 Å². The van der Waals surface area contributed by atoms with Gasteiger partial charge in [0.15, 0.2) is 0 Å². The van der Waals surface area contributed by atoms with E-state index in [0.29, 0.717) is 24.4 Å². The smallest absolute Gasteiger partial charge is 0.273 e. The number of rotatable bonds is 6. The van der Waals surface area contributed by atoms with Crippen molar-refractivity contribution in [2.24, 2.45) is 0 Å². The minimum atomic E-state index is -0.406. The van der Waals surface area contributed by atoms with Gasteiger partial charge in [0.05, 0.1) is 24.2 Å². The lowest BCUT2D eigenvalue weighted by Gasteiger charge is -2.34. The molecule has 1 aliphatic rings.